The molecule has 0 spiro atoms. The van der Waals surface area contributed by atoms with Gasteiger partial charge in [0.25, 0.3) is 0 Å². The monoisotopic (exact) mass is 331 g/mol. The summed E-state index contributed by atoms with van der Waals surface area (Å²) < 4.78 is 14.4. The summed E-state index contributed by atoms with van der Waals surface area (Å²) in [6, 6.07) is 4.83. The number of carboxylic acids is 1. The molecule has 0 saturated heterocycles. The Hall–Kier alpha value is -0.940. The van der Waals surface area contributed by atoms with Crippen molar-refractivity contribution < 1.29 is 14.3 Å². The highest BCUT2D eigenvalue weighted by Gasteiger charge is 2.27. The minimum absolute atomic E-state index is 0.243. The lowest BCUT2D eigenvalue weighted by molar-refractivity contribution is -0.147. The lowest BCUT2D eigenvalue weighted by atomic mass is 9.89. The molecule has 0 aliphatic carbocycles. The van der Waals surface area contributed by atoms with Gasteiger partial charge in [-0.1, -0.05) is 15.9 Å². The van der Waals surface area contributed by atoms with E-state index in [9.17, 15) is 9.18 Å². The van der Waals surface area contributed by atoms with Crippen LogP contribution in [0.25, 0.3) is 0 Å². The predicted molar refractivity (Wildman–Crippen MR) is 76.5 cm³/mol. The van der Waals surface area contributed by atoms with Gasteiger partial charge in [0.2, 0.25) is 0 Å². The molecule has 0 atom stereocenters. The minimum Gasteiger partial charge on any atom is -0.481 e. The van der Waals surface area contributed by atoms with E-state index >= 15 is 0 Å². The molecule has 0 fully saturated rings. The average Bonchev–Trinajstić information content (AvgIpc) is 2.31. The molecule has 1 N–H and O–H groups in total. The molecule has 0 unspecified atom stereocenters. The summed E-state index contributed by atoms with van der Waals surface area (Å²) >= 11 is 3.31. The second-order valence-electron chi connectivity index (χ2n) is 5.41. The first-order chi connectivity index (χ1) is 8.72. The van der Waals surface area contributed by atoms with Gasteiger partial charge in [0, 0.05) is 16.6 Å². The molecule has 19 heavy (non-hydrogen) atoms. The van der Waals surface area contributed by atoms with Gasteiger partial charge in [0.1, 0.15) is 5.82 Å². The fourth-order valence-electron chi connectivity index (χ4n) is 1.61. The van der Waals surface area contributed by atoms with E-state index in [2.05, 4.69) is 15.9 Å². The largest absolute Gasteiger partial charge is 0.481 e. The van der Waals surface area contributed by atoms with Crippen molar-refractivity contribution in [3.05, 3.63) is 34.1 Å². The van der Waals surface area contributed by atoms with Crippen molar-refractivity contribution in [2.75, 3.05) is 13.6 Å². The summed E-state index contributed by atoms with van der Waals surface area (Å²) in [5, 5.41) is 9.04. The Bertz CT molecular complexity index is 463. The highest BCUT2D eigenvalue weighted by Crippen LogP contribution is 2.22. The van der Waals surface area contributed by atoms with Gasteiger partial charge in [0.15, 0.2) is 0 Å². The first-order valence-electron chi connectivity index (χ1n) is 6.08. The molecule has 0 aliphatic rings. The Morgan fingerprint density at radius 2 is 2.11 bits per heavy atom. The number of hydrogen-bond donors (Lipinski definition) is 1. The van der Waals surface area contributed by atoms with E-state index < -0.39 is 11.4 Å². The van der Waals surface area contributed by atoms with Gasteiger partial charge in [-0.25, -0.2) is 4.39 Å². The fourth-order valence-corrected chi connectivity index (χ4v) is 2.02. The maximum Gasteiger partial charge on any atom is 0.309 e. The topological polar surface area (TPSA) is 40.5 Å². The molecule has 0 saturated carbocycles. The van der Waals surface area contributed by atoms with Crippen molar-refractivity contribution in [3.63, 3.8) is 0 Å². The summed E-state index contributed by atoms with van der Waals surface area (Å²) in [5.41, 5.74) is -0.158. The van der Waals surface area contributed by atoms with Crippen molar-refractivity contribution in [1.82, 2.24) is 4.90 Å². The van der Waals surface area contributed by atoms with Crippen LogP contribution in [0.3, 0.4) is 0 Å². The maximum absolute atomic E-state index is 13.6. The van der Waals surface area contributed by atoms with E-state index in [1.165, 1.54) is 6.07 Å². The molecule has 1 aromatic carbocycles. The molecule has 0 amide bonds. The molecule has 106 valence electrons. The number of carbonyl (C=O) groups is 1. The third-order valence-electron chi connectivity index (χ3n) is 3.15. The molecule has 0 aliphatic heterocycles. The van der Waals surface area contributed by atoms with E-state index in [0.29, 0.717) is 25.1 Å². The highest BCUT2D eigenvalue weighted by molar-refractivity contribution is 9.10. The lowest BCUT2D eigenvalue weighted by Crippen LogP contribution is -2.30. The van der Waals surface area contributed by atoms with Gasteiger partial charge in [-0.15, -0.1) is 0 Å². The van der Waals surface area contributed by atoms with Crippen molar-refractivity contribution in [3.8, 4) is 0 Å². The zero-order chi connectivity index (χ0) is 14.6. The van der Waals surface area contributed by atoms with Crippen LogP contribution in [0.2, 0.25) is 0 Å². The molecular formula is C14H19BrFNO2. The first-order valence-corrected chi connectivity index (χ1v) is 6.87. The number of benzene rings is 1. The smallest absolute Gasteiger partial charge is 0.309 e. The van der Waals surface area contributed by atoms with E-state index in [-0.39, 0.29) is 5.82 Å². The normalized spacial score (nSPS) is 11.9. The molecule has 0 heterocycles. The van der Waals surface area contributed by atoms with E-state index in [1.807, 2.05) is 11.9 Å². The molecule has 0 bridgehead atoms. The van der Waals surface area contributed by atoms with Crippen LogP contribution in [0.15, 0.2) is 22.7 Å². The SMILES string of the molecule is CN(CCC(C)(C)C(=O)O)Cc1cc(Br)ccc1F. The van der Waals surface area contributed by atoms with Crippen LogP contribution in [0, 0.1) is 11.2 Å². The van der Waals surface area contributed by atoms with Crippen LogP contribution in [0.5, 0.6) is 0 Å². The number of carboxylic acid groups (broad SMARTS) is 1. The van der Waals surface area contributed by atoms with Crippen LogP contribution in [0.4, 0.5) is 4.39 Å². The Morgan fingerprint density at radius 1 is 1.47 bits per heavy atom. The highest BCUT2D eigenvalue weighted by atomic mass is 79.9. The van der Waals surface area contributed by atoms with Gasteiger partial charge in [-0.2, -0.15) is 0 Å². The molecule has 0 radical (unpaired) electrons. The second-order valence-corrected chi connectivity index (χ2v) is 6.33. The first kappa shape index (κ1) is 16.1. The van der Waals surface area contributed by atoms with Crippen LogP contribution in [-0.4, -0.2) is 29.6 Å². The average molecular weight is 332 g/mol. The summed E-state index contributed by atoms with van der Waals surface area (Å²) in [6.07, 6.45) is 0.522. The second kappa shape index (κ2) is 6.48. The Kier molecular flexibility index (Phi) is 5.50. The summed E-state index contributed by atoms with van der Waals surface area (Å²) in [4.78, 5) is 12.9. The molecule has 5 heteroatoms. The number of rotatable bonds is 6. The zero-order valence-electron chi connectivity index (χ0n) is 11.4. The van der Waals surface area contributed by atoms with Crippen molar-refractivity contribution in [2.45, 2.75) is 26.8 Å². The van der Waals surface area contributed by atoms with Crippen molar-refractivity contribution in [2.24, 2.45) is 5.41 Å². The Labute approximate surface area is 121 Å². The van der Waals surface area contributed by atoms with Gasteiger partial charge in [-0.3, -0.25) is 4.79 Å². The van der Waals surface area contributed by atoms with Gasteiger partial charge in [0.05, 0.1) is 5.41 Å². The van der Waals surface area contributed by atoms with E-state index in [0.717, 1.165) is 4.47 Å². The number of nitrogens with zero attached hydrogens (tertiary/aromatic N) is 1. The van der Waals surface area contributed by atoms with Crippen molar-refractivity contribution in [1.29, 1.82) is 0 Å². The number of halogens is 2. The Morgan fingerprint density at radius 3 is 2.68 bits per heavy atom. The Balaban J connectivity index is 2.58. The van der Waals surface area contributed by atoms with E-state index in [1.54, 1.807) is 26.0 Å². The maximum atomic E-state index is 13.6. The van der Waals surface area contributed by atoms with Crippen LogP contribution in [0.1, 0.15) is 25.8 Å². The summed E-state index contributed by atoms with van der Waals surface area (Å²) in [5.74, 6) is -1.05. The van der Waals surface area contributed by atoms with Crippen molar-refractivity contribution >= 4 is 21.9 Å². The summed E-state index contributed by atoms with van der Waals surface area (Å²) in [6.45, 7) is 4.46. The standard InChI is InChI=1S/C14H19BrFNO2/c1-14(2,13(18)19)6-7-17(3)9-10-8-11(15)4-5-12(10)16/h4-5,8H,6-7,9H2,1-3H3,(H,18,19). The minimum atomic E-state index is -0.811. The zero-order valence-corrected chi connectivity index (χ0v) is 13.0. The number of aliphatic carboxylic acids is 1. The quantitative estimate of drug-likeness (QED) is 0.866. The van der Waals surface area contributed by atoms with E-state index in [4.69, 9.17) is 5.11 Å². The molecule has 1 aromatic rings. The third kappa shape index (κ3) is 4.91. The predicted octanol–water partition coefficient (Wildman–Crippen LogP) is 3.52. The lowest BCUT2D eigenvalue weighted by Gasteiger charge is -2.23. The number of hydrogen-bond acceptors (Lipinski definition) is 2. The van der Waals surface area contributed by atoms with Gasteiger partial charge >= 0.3 is 5.97 Å². The molecule has 0 aromatic heterocycles. The van der Waals surface area contributed by atoms with Gasteiger partial charge in [-0.05, 0) is 52.1 Å². The van der Waals surface area contributed by atoms with Gasteiger partial charge < -0.3 is 10.0 Å². The van der Waals surface area contributed by atoms with Crippen LogP contribution < -0.4 is 0 Å². The molecular weight excluding hydrogens is 313 g/mol. The van der Waals surface area contributed by atoms with Crippen LogP contribution in [-0.2, 0) is 11.3 Å². The molecule has 1 rings (SSSR count). The third-order valence-corrected chi connectivity index (χ3v) is 3.64. The fraction of sp³-hybridized carbons (Fsp3) is 0.500. The molecule has 3 nitrogen and oxygen atoms in total. The summed E-state index contributed by atoms with van der Waals surface area (Å²) in [7, 11) is 1.86. The van der Waals surface area contributed by atoms with Crippen LogP contribution >= 0.6 is 15.9 Å².